The number of aromatic nitrogens is 1. The smallest absolute Gasteiger partial charge is 0.254 e. The molecule has 5 heteroatoms. The molecule has 0 bridgehead atoms. The zero-order chi connectivity index (χ0) is 14.0. The van der Waals surface area contributed by atoms with Crippen molar-refractivity contribution in [2.24, 2.45) is 0 Å². The highest BCUT2D eigenvalue weighted by atomic mass is 35.5. The van der Waals surface area contributed by atoms with Gasteiger partial charge in [-0.3, -0.25) is 4.79 Å². The molecule has 2 rings (SSSR count). The lowest BCUT2D eigenvalue weighted by atomic mass is 10.1. The molecule has 2 aromatic heterocycles. The first-order valence-electron chi connectivity index (χ1n) is 5.97. The zero-order valence-corrected chi connectivity index (χ0v) is 12.6. The highest BCUT2D eigenvalue weighted by Gasteiger charge is 2.16. The summed E-state index contributed by atoms with van der Waals surface area (Å²) in [7, 11) is 0. The molecule has 0 fully saturated rings. The number of thiophene rings is 1. The minimum Gasteiger partial charge on any atom is -0.345 e. The predicted molar refractivity (Wildman–Crippen MR) is 78.9 cm³/mol. The van der Waals surface area contributed by atoms with E-state index in [0.717, 1.165) is 5.56 Å². The third-order valence-electron chi connectivity index (χ3n) is 2.90. The molecule has 19 heavy (non-hydrogen) atoms. The lowest BCUT2D eigenvalue weighted by Crippen LogP contribution is -2.27. The molecule has 100 valence electrons. The van der Waals surface area contributed by atoms with Crippen molar-refractivity contribution in [3.63, 3.8) is 0 Å². The number of hydrogen-bond donors (Lipinski definition) is 1. The Labute approximate surface area is 121 Å². The number of rotatable bonds is 3. The Balaban J connectivity index is 2.15. The minimum absolute atomic E-state index is 0.0475. The Morgan fingerprint density at radius 1 is 1.47 bits per heavy atom. The fraction of sp³-hybridized carbons (Fsp3) is 0.286. The van der Waals surface area contributed by atoms with Crippen LogP contribution < -0.4 is 5.32 Å². The van der Waals surface area contributed by atoms with Crippen molar-refractivity contribution in [3.8, 4) is 0 Å². The van der Waals surface area contributed by atoms with Crippen molar-refractivity contribution in [2.75, 3.05) is 0 Å². The van der Waals surface area contributed by atoms with Crippen LogP contribution in [0.3, 0.4) is 0 Å². The molecule has 0 aliphatic heterocycles. The minimum atomic E-state index is -0.200. The number of carbonyl (C=O) groups is 1. The van der Waals surface area contributed by atoms with Gasteiger partial charge in [-0.2, -0.15) is 0 Å². The second kappa shape index (κ2) is 5.72. The summed E-state index contributed by atoms with van der Waals surface area (Å²) < 4.78 is 0. The van der Waals surface area contributed by atoms with Crippen LogP contribution in [0.25, 0.3) is 0 Å². The number of hydrogen-bond acceptors (Lipinski definition) is 3. The molecular weight excluding hydrogens is 280 g/mol. The van der Waals surface area contributed by atoms with E-state index in [-0.39, 0.29) is 17.1 Å². The molecule has 0 aliphatic carbocycles. The molecule has 0 saturated carbocycles. The van der Waals surface area contributed by atoms with Gasteiger partial charge in [0.1, 0.15) is 5.15 Å². The summed E-state index contributed by atoms with van der Waals surface area (Å²) in [5.74, 6) is -0.200. The van der Waals surface area contributed by atoms with E-state index in [2.05, 4.69) is 30.2 Å². The number of amides is 1. The van der Waals surface area contributed by atoms with Crippen LogP contribution in [-0.2, 0) is 0 Å². The highest BCUT2D eigenvalue weighted by molar-refractivity contribution is 7.12. The average molecular weight is 295 g/mol. The van der Waals surface area contributed by atoms with E-state index >= 15 is 0 Å². The molecule has 1 amide bonds. The average Bonchev–Trinajstić information content (AvgIpc) is 2.69. The van der Waals surface area contributed by atoms with E-state index < -0.39 is 0 Å². The normalized spacial score (nSPS) is 12.2. The van der Waals surface area contributed by atoms with Crippen LogP contribution in [0.4, 0.5) is 0 Å². The van der Waals surface area contributed by atoms with Gasteiger partial charge in [0, 0.05) is 16.0 Å². The van der Waals surface area contributed by atoms with Crippen LogP contribution in [0.5, 0.6) is 0 Å². The number of aryl methyl sites for hydroxylation is 2. The number of pyridine rings is 1. The van der Waals surface area contributed by atoms with E-state index in [1.165, 1.54) is 9.75 Å². The summed E-state index contributed by atoms with van der Waals surface area (Å²) >= 11 is 7.65. The molecule has 0 radical (unpaired) electrons. The summed E-state index contributed by atoms with van der Waals surface area (Å²) in [4.78, 5) is 18.5. The van der Waals surface area contributed by atoms with Gasteiger partial charge in [0.05, 0.1) is 11.6 Å². The summed E-state index contributed by atoms with van der Waals surface area (Å²) in [6.45, 7) is 6.09. The summed E-state index contributed by atoms with van der Waals surface area (Å²) in [5, 5.41) is 3.18. The largest absolute Gasteiger partial charge is 0.345 e. The van der Waals surface area contributed by atoms with E-state index in [4.69, 9.17) is 11.6 Å². The fourth-order valence-electron chi connectivity index (χ4n) is 1.99. The van der Waals surface area contributed by atoms with Crippen molar-refractivity contribution in [3.05, 3.63) is 50.4 Å². The van der Waals surface area contributed by atoms with Crippen LogP contribution in [0.1, 0.15) is 38.6 Å². The van der Waals surface area contributed by atoms with Gasteiger partial charge in [0.2, 0.25) is 0 Å². The van der Waals surface area contributed by atoms with Crippen molar-refractivity contribution >= 4 is 28.8 Å². The molecule has 2 heterocycles. The van der Waals surface area contributed by atoms with E-state index in [1.807, 2.05) is 6.92 Å². The highest BCUT2D eigenvalue weighted by Crippen LogP contribution is 2.26. The van der Waals surface area contributed by atoms with Crippen LogP contribution in [0.2, 0.25) is 5.15 Å². The number of nitrogens with zero attached hydrogens (tertiary/aromatic N) is 1. The number of nitrogens with one attached hydrogen (secondary N) is 1. The topological polar surface area (TPSA) is 42.0 Å². The van der Waals surface area contributed by atoms with Crippen molar-refractivity contribution < 1.29 is 4.79 Å². The van der Waals surface area contributed by atoms with Crippen LogP contribution in [0, 0.1) is 13.8 Å². The SMILES string of the molecule is Cc1cc(C(C)NC(=O)c2cccnc2Cl)c(C)s1. The maximum Gasteiger partial charge on any atom is 0.254 e. The number of halogens is 1. The molecule has 1 atom stereocenters. The summed E-state index contributed by atoms with van der Waals surface area (Å²) in [6, 6.07) is 5.43. The van der Waals surface area contributed by atoms with Crippen molar-refractivity contribution in [1.82, 2.24) is 10.3 Å². The first kappa shape index (κ1) is 14.0. The second-order valence-electron chi connectivity index (χ2n) is 4.41. The van der Waals surface area contributed by atoms with E-state index in [0.29, 0.717) is 5.56 Å². The Bertz CT molecular complexity index is 609. The molecule has 0 aliphatic rings. The van der Waals surface area contributed by atoms with Gasteiger partial charge in [-0.05, 0) is 44.5 Å². The Kier molecular flexibility index (Phi) is 4.22. The molecular formula is C14H15ClN2OS. The van der Waals surface area contributed by atoms with Crippen LogP contribution in [0.15, 0.2) is 24.4 Å². The first-order chi connectivity index (χ1) is 8.99. The van der Waals surface area contributed by atoms with E-state index in [1.54, 1.807) is 29.7 Å². The van der Waals surface area contributed by atoms with E-state index in [9.17, 15) is 4.79 Å². The van der Waals surface area contributed by atoms with Gasteiger partial charge in [0.15, 0.2) is 0 Å². The Morgan fingerprint density at radius 2 is 2.21 bits per heavy atom. The lowest BCUT2D eigenvalue weighted by molar-refractivity contribution is 0.0939. The van der Waals surface area contributed by atoms with Gasteiger partial charge in [0.25, 0.3) is 5.91 Å². The molecule has 3 nitrogen and oxygen atoms in total. The lowest BCUT2D eigenvalue weighted by Gasteiger charge is -2.14. The number of carbonyl (C=O) groups excluding carboxylic acids is 1. The predicted octanol–water partition coefficient (Wildman–Crippen LogP) is 3.90. The summed E-state index contributed by atoms with van der Waals surface area (Å²) in [6.07, 6.45) is 1.56. The van der Waals surface area contributed by atoms with Crippen LogP contribution in [-0.4, -0.2) is 10.9 Å². The monoisotopic (exact) mass is 294 g/mol. The molecule has 1 N–H and O–H groups in total. The molecule has 0 saturated heterocycles. The Morgan fingerprint density at radius 3 is 2.79 bits per heavy atom. The molecule has 0 spiro atoms. The quantitative estimate of drug-likeness (QED) is 0.872. The zero-order valence-electron chi connectivity index (χ0n) is 11.0. The molecule has 1 unspecified atom stereocenters. The van der Waals surface area contributed by atoms with Crippen LogP contribution >= 0.6 is 22.9 Å². The van der Waals surface area contributed by atoms with Gasteiger partial charge in [-0.25, -0.2) is 4.98 Å². The van der Waals surface area contributed by atoms with Gasteiger partial charge < -0.3 is 5.32 Å². The standard InChI is InChI=1S/C14H15ClN2OS/c1-8-7-12(10(3)19-8)9(2)17-14(18)11-5-4-6-16-13(11)15/h4-7,9H,1-3H3,(H,17,18). The van der Waals surface area contributed by atoms with Gasteiger partial charge in [-0.15, -0.1) is 11.3 Å². The molecule has 0 aromatic carbocycles. The van der Waals surface area contributed by atoms with Gasteiger partial charge in [-0.1, -0.05) is 11.6 Å². The van der Waals surface area contributed by atoms with Crippen molar-refractivity contribution in [2.45, 2.75) is 26.8 Å². The maximum atomic E-state index is 12.1. The van der Waals surface area contributed by atoms with Gasteiger partial charge >= 0.3 is 0 Å². The third kappa shape index (κ3) is 3.14. The fourth-order valence-corrected chi connectivity index (χ4v) is 3.22. The third-order valence-corrected chi connectivity index (χ3v) is 4.18. The first-order valence-corrected chi connectivity index (χ1v) is 7.17. The molecule has 2 aromatic rings. The Hall–Kier alpha value is -1.39. The maximum absolute atomic E-state index is 12.1. The van der Waals surface area contributed by atoms with Crippen molar-refractivity contribution in [1.29, 1.82) is 0 Å². The summed E-state index contributed by atoms with van der Waals surface area (Å²) in [5.41, 5.74) is 1.55. The second-order valence-corrected chi connectivity index (χ2v) is 6.22.